The van der Waals surface area contributed by atoms with Crippen LogP contribution in [0.25, 0.3) is 0 Å². The van der Waals surface area contributed by atoms with E-state index in [1.165, 1.54) is 32.1 Å². The summed E-state index contributed by atoms with van der Waals surface area (Å²) in [4.78, 5) is 0. The van der Waals surface area contributed by atoms with E-state index in [0.717, 1.165) is 56.1 Å². The van der Waals surface area contributed by atoms with E-state index in [1.807, 2.05) is 0 Å². The van der Waals surface area contributed by atoms with Crippen LogP contribution < -0.4 is 0 Å². The molecule has 6 atom stereocenters. The van der Waals surface area contributed by atoms with Gasteiger partial charge in [-0.1, -0.05) is 18.6 Å². The Morgan fingerprint density at radius 3 is 2.70 bits per heavy atom. The van der Waals surface area contributed by atoms with Gasteiger partial charge in [0.2, 0.25) is 0 Å². The van der Waals surface area contributed by atoms with Crippen LogP contribution in [-0.4, -0.2) is 30.2 Å². The molecule has 1 spiro atoms. The summed E-state index contributed by atoms with van der Waals surface area (Å²) in [7, 11) is 0. The zero-order valence-electron chi connectivity index (χ0n) is 14.3. The largest absolute Gasteiger partial charge is 0.393 e. The van der Waals surface area contributed by atoms with Gasteiger partial charge < -0.3 is 14.6 Å². The third-order valence-corrected chi connectivity index (χ3v) is 8.21. The van der Waals surface area contributed by atoms with Crippen molar-refractivity contribution >= 4 is 0 Å². The molecule has 0 amide bonds. The van der Waals surface area contributed by atoms with Crippen LogP contribution in [0.15, 0.2) is 11.6 Å². The predicted octanol–water partition coefficient (Wildman–Crippen LogP) is 3.66. The van der Waals surface area contributed by atoms with E-state index in [1.54, 1.807) is 5.57 Å². The second-order valence-electron chi connectivity index (χ2n) is 9.02. The SMILES string of the molecule is C[C@]12CC[C@H]3[C@H](CC=C4CC5(CC[C@H]43)OCCO5)[C@@H]1CC[C@@H]2O. The molecule has 1 heterocycles. The first-order chi connectivity index (χ1) is 11.1. The van der Waals surface area contributed by atoms with Crippen molar-refractivity contribution in [2.24, 2.45) is 29.1 Å². The number of ether oxygens (including phenoxy) is 2. The molecular formula is C20H30O3. The summed E-state index contributed by atoms with van der Waals surface area (Å²) < 4.78 is 11.9. The minimum absolute atomic E-state index is 0.0614. The van der Waals surface area contributed by atoms with E-state index < -0.39 is 0 Å². The Morgan fingerprint density at radius 1 is 1.04 bits per heavy atom. The lowest BCUT2D eigenvalue weighted by molar-refractivity contribution is -0.176. The summed E-state index contributed by atoms with van der Waals surface area (Å²) in [5.41, 5.74) is 1.82. The van der Waals surface area contributed by atoms with Crippen LogP contribution in [0, 0.1) is 29.1 Å². The fourth-order valence-electron chi connectivity index (χ4n) is 6.96. The van der Waals surface area contributed by atoms with Gasteiger partial charge in [0.25, 0.3) is 0 Å². The van der Waals surface area contributed by atoms with Crippen molar-refractivity contribution in [3.63, 3.8) is 0 Å². The maximum absolute atomic E-state index is 10.5. The number of allylic oxidation sites excluding steroid dienone is 1. The van der Waals surface area contributed by atoms with Crippen molar-refractivity contribution in [3.05, 3.63) is 11.6 Å². The van der Waals surface area contributed by atoms with Crippen LogP contribution in [0.1, 0.15) is 58.3 Å². The van der Waals surface area contributed by atoms with E-state index in [0.29, 0.717) is 0 Å². The highest BCUT2D eigenvalue weighted by Gasteiger charge is 2.56. The lowest BCUT2D eigenvalue weighted by Crippen LogP contribution is -2.48. The number of aliphatic hydroxyl groups is 1. The van der Waals surface area contributed by atoms with Crippen LogP contribution in [-0.2, 0) is 9.47 Å². The van der Waals surface area contributed by atoms with Gasteiger partial charge in [0, 0.05) is 12.8 Å². The summed E-state index contributed by atoms with van der Waals surface area (Å²) in [6, 6.07) is 0. The average Bonchev–Trinajstić information content (AvgIpc) is 3.12. The van der Waals surface area contributed by atoms with Crippen LogP contribution in [0.2, 0.25) is 0 Å². The van der Waals surface area contributed by atoms with Crippen LogP contribution in [0.5, 0.6) is 0 Å². The Kier molecular flexibility index (Phi) is 3.28. The topological polar surface area (TPSA) is 38.7 Å². The van der Waals surface area contributed by atoms with Crippen LogP contribution in [0.4, 0.5) is 0 Å². The Hall–Kier alpha value is -0.380. The van der Waals surface area contributed by atoms with Gasteiger partial charge in [0.15, 0.2) is 5.79 Å². The Bertz CT molecular complexity index is 521. The zero-order chi connectivity index (χ0) is 15.7. The van der Waals surface area contributed by atoms with Gasteiger partial charge in [-0.2, -0.15) is 0 Å². The Labute approximate surface area is 139 Å². The van der Waals surface area contributed by atoms with Crippen LogP contribution >= 0.6 is 0 Å². The molecule has 5 rings (SSSR count). The van der Waals surface area contributed by atoms with E-state index in [9.17, 15) is 5.11 Å². The normalized spacial score (nSPS) is 51.0. The molecule has 1 saturated heterocycles. The molecule has 4 aliphatic carbocycles. The Balaban J connectivity index is 1.41. The zero-order valence-corrected chi connectivity index (χ0v) is 14.3. The molecule has 0 radical (unpaired) electrons. The standard InChI is InChI=1S/C20H30O3/c1-19-8-6-15-14-7-9-20(22-10-11-23-20)12-13(14)2-3-16(15)17(19)4-5-18(19)21/h2,14-18,21H,3-12H2,1H3/t14-,15-,16+,17+,18+,19+/m1/s1. The van der Waals surface area contributed by atoms with Crippen molar-refractivity contribution in [2.45, 2.75) is 70.2 Å². The smallest absolute Gasteiger partial charge is 0.172 e. The maximum atomic E-state index is 10.5. The van der Waals surface area contributed by atoms with Crippen molar-refractivity contribution in [2.75, 3.05) is 13.2 Å². The lowest BCUT2D eigenvalue weighted by Gasteiger charge is -2.53. The molecule has 128 valence electrons. The molecule has 0 aromatic carbocycles. The molecule has 0 aromatic heterocycles. The summed E-state index contributed by atoms with van der Waals surface area (Å²) in [5.74, 6) is 2.87. The second-order valence-corrected chi connectivity index (χ2v) is 9.02. The van der Waals surface area contributed by atoms with Gasteiger partial charge in [-0.05, 0) is 67.6 Å². The number of fused-ring (bicyclic) bond motifs is 5. The highest BCUT2D eigenvalue weighted by Crippen LogP contribution is 2.62. The summed E-state index contributed by atoms with van der Waals surface area (Å²) in [6.45, 7) is 3.89. The van der Waals surface area contributed by atoms with Crippen molar-refractivity contribution in [1.82, 2.24) is 0 Å². The van der Waals surface area contributed by atoms with E-state index in [4.69, 9.17) is 9.47 Å². The van der Waals surface area contributed by atoms with Crippen molar-refractivity contribution in [1.29, 1.82) is 0 Å². The minimum atomic E-state index is -0.276. The minimum Gasteiger partial charge on any atom is -0.393 e. The van der Waals surface area contributed by atoms with Gasteiger partial charge in [-0.25, -0.2) is 0 Å². The number of hydrogen-bond donors (Lipinski definition) is 1. The highest BCUT2D eigenvalue weighted by molar-refractivity contribution is 5.21. The molecule has 3 nitrogen and oxygen atoms in total. The molecule has 0 unspecified atom stereocenters. The van der Waals surface area contributed by atoms with Gasteiger partial charge in [0.05, 0.1) is 19.3 Å². The molecule has 1 aliphatic heterocycles. The molecule has 1 N–H and O–H groups in total. The third kappa shape index (κ3) is 2.06. The average molecular weight is 318 g/mol. The maximum Gasteiger partial charge on any atom is 0.172 e. The molecule has 3 saturated carbocycles. The summed E-state index contributed by atoms with van der Waals surface area (Å²) in [6.07, 6.45) is 11.8. The highest BCUT2D eigenvalue weighted by atomic mass is 16.7. The Morgan fingerprint density at radius 2 is 1.87 bits per heavy atom. The molecule has 4 fully saturated rings. The molecule has 0 bridgehead atoms. The first-order valence-electron chi connectivity index (χ1n) is 9.76. The number of rotatable bonds is 0. The quantitative estimate of drug-likeness (QED) is 0.693. The van der Waals surface area contributed by atoms with Crippen molar-refractivity contribution < 1.29 is 14.6 Å². The lowest BCUT2D eigenvalue weighted by atomic mass is 9.52. The van der Waals surface area contributed by atoms with Gasteiger partial charge in [-0.15, -0.1) is 0 Å². The van der Waals surface area contributed by atoms with E-state index in [2.05, 4.69) is 13.0 Å². The first-order valence-corrected chi connectivity index (χ1v) is 9.76. The molecular weight excluding hydrogens is 288 g/mol. The molecule has 0 aromatic rings. The van der Waals surface area contributed by atoms with Crippen LogP contribution in [0.3, 0.4) is 0 Å². The van der Waals surface area contributed by atoms with Gasteiger partial charge in [0.1, 0.15) is 0 Å². The predicted molar refractivity (Wildman–Crippen MR) is 87.7 cm³/mol. The van der Waals surface area contributed by atoms with Gasteiger partial charge >= 0.3 is 0 Å². The number of aliphatic hydroxyl groups excluding tert-OH is 1. The fourth-order valence-corrected chi connectivity index (χ4v) is 6.96. The second kappa shape index (κ2) is 5.06. The fraction of sp³-hybridized carbons (Fsp3) is 0.900. The molecule has 23 heavy (non-hydrogen) atoms. The summed E-state index contributed by atoms with van der Waals surface area (Å²) in [5, 5.41) is 10.5. The molecule has 3 heteroatoms. The van der Waals surface area contributed by atoms with E-state index in [-0.39, 0.29) is 17.3 Å². The number of hydrogen-bond acceptors (Lipinski definition) is 3. The monoisotopic (exact) mass is 318 g/mol. The summed E-state index contributed by atoms with van der Waals surface area (Å²) >= 11 is 0. The van der Waals surface area contributed by atoms with E-state index >= 15 is 0 Å². The van der Waals surface area contributed by atoms with Crippen molar-refractivity contribution in [3.8, 4) is 0 Å². The van der Waals surface area contributed by atoms with Gasteiger partial charge in [-0.3, -0.25) is 0 Å². The third-order valence-electron chi connectivity index (χ3n) is 8.21. The molecule has 5 aliphatic rings. The first kappa shape index (κ1) is 14.9.